The minimum atomic E-state index is -1.39. The van der Waals surface area contributed by atoms with E-state index in [9.17, 15) is 19.5 Å². The highest BCUT2D eigenvalue weighted by Gasteiger charge is 2.71. The molecule has 0 aromatic heterocycles. The molecule has 188 valence electrons. The van der Waals surface area contributed by atoms with E-state index in [1.54, 1.807) is 6.92 Å². The number of allylic oxidation sites excluding steroid dienone is 2. The molecule has 0 amide bonds. The Morgan fingerprint density at radius 2 is 1.62 bits per heavy atom. The van der Waals surface area contributed by atoms with Gasteiger partial charge in [-0.25, -0.2) is 0 Å². The molecule has 0 aromatic rings. The van der Waals surface area contributed by atoms with E-state index < -0.39 is 16.8 Å². The van der Waals surface area contributed by atoms with Crippen LogP contribution in [-0.2, 0) is 14.4 Å². The normalized spacial score (nSPS) is 54.8. The van der Waals surface area contributed by atoms with E-state index in [0.717, 1.165) is 12.8 Å². The van der Waals surface area contributed by atoms with Crippen molar-refractivity contribution >= 4 is 17.5 Å². The molecule has 0 aliphatic heterocycles. The highest BCUT2D eigenvalue weighted by atomic mass is 16.4. The number of aliphatic carboxylic acids is 1. The lowest BCUT2D eigenvalue weighted by molar-refractivity contribution is -0.197. The highest BCUT2D eigenvalue weighted by molar-refractivity contribution is 6.04. The van der Waals surface area contributed by atoms with Crippen molar-refractivity contribution in [3.8, 4) is 0 Å². The number of carbonyl (C=O) groups excluding carboxylic acids is 2. The second-order valence-corrected chi connectivity index (χ2v) is 14.2. The summed E-state index contributed by atoms with van der Waals surface area (Å²) in [6, 6.07) is 0. The summed E-state index contributed by atoms with van der Waals surface area (Å²) in [6.07, 6.45) is 9.27. The topological polar surface area (TPSA) is 71.4 Å². The SMILES string of the molecule is CC1CCC2(C)CCC3(C)C(=CC(=O)C4C5(C)CCC(=O)C(C)(C(=O)O)C5CCC43C)C2C1C. The van der Waals surface area contributed by atoms with Crippen LogP contribution in [0.3, 0.4) is 0 Å². The third-order valence-electron chi connectivity index (χ3n) is 13.0. The minimum Gasteiger partial charge on any atom is -0.480 e. The molecule has 5 rings (SSSR count). The number of carbonyl (C=O) groups is 3. The van der Waals surface area contributed by atoms with Crippen LogP contribution in [0, 0.1) is 56.7 Å². The Balaban J connectivity index is 1.66. The van der Waals surface area contributed by atoms with E-state index in [-0.39, 0.29) is 46.1 Å². The molecule has 0 heterocycles. The number of hydrogen-bond acceptors (Lipinski definition) is 3. The first-order valence-corrected chi connectivity index (χ1v) is 13.7. The zero-order valence-electron chi connectivity index (χ0n) is 22.3. The Labute approximate surface area is 205 Å². The summed E-state index contributed by atoms with van der Waals surface area (Å²) in [7, 11) is 0. The third kappa shape index (κ3) is 2.64. The Bertz CT molecular complexity index is 996. The van der Waals surface area contributed by atoms with Crippen LogP contribution in [0.25, 0.3) is 0 Å². The molecule has 4 nitrogen and oxygen atoms in total. The number of fused-ring (bicyclic) bond motifs is 7. The molecule has 1 N–H and O–H groups in total. The van der Waals surface area contributed by atoms with E-state index in [4.69, 9.17) is 0 Å². The molecule has 10 unspecified atom stereocenters. The van der Waals surface area contributed by atoms with Gasteiger partial charge in [0, 0.05) is 12.3 Å². The molecule has 0 bridgehead atoms. The number of rotatable bonds is 1. The summed E-state index contributed by atoms with van der Waals surface area (Å²) < 4.78 is 0. The molecule has 0 saturated heterocycles. The number of carboxylic acid groups (broad SMARTS) is 1. The molecule has 5 aliphatic rings. The van der Waals surface area contributed by atoms with Crippen LogP contribution in [0.2, 0.25) is 0 Å². The van der Waals surface area contributed by atoms with Crippen LogP contribution < -0.4 is 0 Å². The fourth-order valence-corrected chi connectivity index (χ4v) is 10.5. The predicted molar refractivity (Wildman–Crippen MR) is 132 cm³/mol. The van der Waals surface area contributed by atoms with Crippen molar-refractivity contribution in [1.82, 2.24) is 0 Å². The van der Waals surface area contributed by atoms with Crippen LogP contribution in [0.5, 0.6) is 0 Å². The van der Waals surface area contributed by atoms with Crippen molar-refractivity contribution in [3.63, 3.8) is 0 Å². The second-order valence-electron chi connectivity index (χ2n) is 14.2. The van der Waals surface area contributed by atoms with Gasteiger partial charge in [0.05, 0.1) is 0 Å². The fraction of sp³-hybridized carbons (Fsp3) is 0.833. The lowest BCUT2D eigenvalue weighted by atomic mass is 9.33. The first-order valence-electron chi connectivity index (χ1n) is 13.7. The molecular weight excluding hydrogens is 424 g/mol. The van der Waals surface area contributed by atoms with Crippen molar-refractivity contribution in [1.29, 1.82) is 0 Å². The van der Waals surface area contributed by atoms with Crippen molar-refractivity contribution in [2.75, 3.05) is 0 Å². The monoisotopic (exact) mass is 468 g/mol. The number of ketones is 2. The van der Waals surface area contributed by atoms with Gasteiger partial charge in [0.25, 0.3) is 0 Å². The Morgan fingerprint density at radius 1 is 0.941 bits per heavy atom. The van der Waals surface area contributed by atoms with Crippen LogP contribution in [0.1, 0.15) is 99.8 Å². The van der Waals surface area contributed by atoms with Gasteiger partial charge >= 0.3 is 5.97 Å². The average molecular weight is 469 g/mol. The van der Waals surface area contributed by atoms with Crippen molar-refractivity contribution < 1.29 is 19.5 Å². The Hall–Kier alpha value is -1.45. The van der Waals surface area contributed by atoms with Crippen LogP contribution in [0.15, 0.2) is 11.6 Å². The summed E-state index contributed by atoms with van der Waals surface area (Å²) in [5, 5.41) is 10.2. The standard InChI is InChI=1S/C30H44O4/c1-17-8-11-26(3)14-15-28(5)19(23(26)18(17)2)16-20(31)24-27(4)12-10-22(32)30(7,25(33)34)21(27)9-13-29(24,28)6/h16-18,21,23-24H,8-15H2,1-7H3,(H,33,34). The zero-order chi connectivity index (χ0) is 25.1. The highest BCUT2D eigenvalue weighted by Crippen LogP contribution is 2.74. The Morgan fingerprint density at radius 3 is 2.26 bits per heavy atom. The lowest BCUT2D eigenvalue weighted by Gasteiger charge is -2.70. The van der Waals surface area contributed by atoms with Gasteiger partial charge in [-0.15, -0.1) is 0 Å². The molecule has 5 aliphatic carbocycles. The van der Waals surface area contributed by atoms with Crippen molar-refractivity contribution in [2.45, 2.75) is 99.8 Å². The summed E-state index contributed by atoms with van der Waals surface area (Å²) in [5.74, 6) is 0.194. The average Bonchev–Trinajstić information content (AvgIpc) is 2.75. The van der Waals surface area contributed by atoms with Crippen molar-refractivity contribution in [2.24, 2.45) is 56.7 Å². The zero-order valence-corrected chi connectivity index (χ0v) is 22.3. The van der Waals surface area contributed by atoms with E-state index in [2.05, 4.69) is 41.5 Å². The Kier molecular flexibility index (Phi) is 5.04. The summed E-state index contributed by atoms with van der Waals surface area (Å²) >= 11 is 0. The quantitative estimate of drug-likeness (QED) is 0.447. The molecular formula is C30H44O4. The summed E-state index contributed by atoms with van der Waals surface area (Å²) in [6.45, 7) is 15.8. The maximum atomic E-state index is 14.2. The summed E-state index contributed by atoms with van der Waals surface area (Å²) in [4.78, 5) is 39.6. The largest absolute Gasteiger partial charge is 0.480 e. The predicted octanol–water partition coefficient (Wildman–Crippen LogP) is 6.48. The van der Waals surface area contributed by atoms with Gasteiger partial charge in [-0.3, -0.25) is 14.4 Å². The molecule has 0 radical (unpaired) electrons. The fourth-order valence-electron chi connectivity index (χ4n) is 10.5. The lowest BCUT2D eigenvalue weighted by Crippen LogP contribution is -2.67. The van der Waals surface area contributed by atoms with Crippen LogP contribution in [0.4, 0.5) is 0 Å². The molecule has 4 fully saturated rings. The van der Waals surface area contributed by atoms with Gasteiger partial charge in [-0.1, -0.05) is 47.1 Å². The molecule has 10 atom stereocenters. The first kappa shape index (κ1) is 24.3. The minimum absolute atomic E-state index is 0.0594. The van der Waals surface area contributed by atoms with Gasteiger partial charge in [-0.2, -0.15) is 0 Å². The maximum Gasteiger partial charge on any atom is 0.317 e. The van der Waals surface area contributed by atoms with Gasteiger partial charge < -0.3 is 5.11 Å². The van der Waals surface area contributed by atoms with Gasteiger partial charge in [0.15, 0.2) is 5.78 Å². The van der Waals surface area contributed by atoms with Gasteiger partial charge in [-0.05, 0) is 103 Å². The second kappa shape index (κ2) is 7.07. The third-order valence-corrected chi connectivity index (χ3v) is 13.0. The van der Waals surface area contributed by atoms with E-state index in [1.165, 1.54) is 24.8 Å². The number of carboxylic acids is 1. The van der Waals surface area contributed by atoms with Crippen LogP contribution >= 0.6 is 0 Å². The molecule has 34 heavy (non-hydrogen) atoms. The molecule has 0 spiro atoms. The first-order chi connectivity index (χ1) is 15.7. The summed E-state index contributed by atoms with van der Waals surface area (Å²) in [5.41, 5.74) is -0.461. The molecule has 0 aromatic carbocycles. The maximum absolute atomic E-state index is 14.2. The van der Waals surface area contributed by atoms with Gasteiger partial charge in [0.2, 0.25) is 0 Å². The van der Waals surface area contributed by atoms with Crippen molar-refractivity contribution in [3.05, 3.63) is 11.6 Å². The molecule has 4 heteroatoms. The smallest absolute Gasteiger partial charge is 0.317 e. The van der Waals surface area contributed by atoms with E-state index in [0.29, 0.717) is 30.6 Å². The van der Waals surface area contributed by atoms with E-state index >= 15 is 0 Å². The van der Waals surface area contributed by atoms with Crippen LogP contribution in [-0.4, -0.2) is 22.6 Å². The van der Waals surface area contributed by atoms with Gasteiger partial charge in [0.1, 0.15) is 11.2 Å². The molecule has 4 saturated carbocycles. The number of hydrogen-bond donors (Lipinski definition) is 1. The number of Topliss-reactive ketones (excluding diaryl/α,β-unsaturated/α-hetero) is 1. The van der Waals surface area contributed by atoms with E-state index in [1.807, 2.05) is 6.08 Å².